The van der Waals surface area contributed by atoms with E-state index in [0.29, 0.717) is 4.88 Å². The lowest BCUT2D eigenvalue weighted by Crippen LogP contribution is -2.37. The highest BCUT2D eigenvalue weighted by Crippen LogP contribution is 2.04. The van der Waals surface area contributed by atoms with Gasteiger partial charge in [0.05, 0.1) is 10.4 Å². The fourth-order valence-electron chi connectivity index (χ4n) is 0.924. The van der Waals surface area contributed by atoms with Crippen molar-refractivity contribution in [3.8, 4) is 0 Å². The molecule has 0 saturated carbocycles. The molecule has 0 radical (unpaired) electrons. The second kappa shape index (κ2) is 5.94. The molecule has 1 heterocycles. The smallest absolute Gasteiger partial charge is 0.356 e. The topological polar surface area (TPSA) is 107 Å². The minimum atomic E-state index is -0.773. The first-order valence-electron chi connectivity index (χ1n) is 4.71. The molecule has 8 heteroatoms. The number of amidine groups is 1. The monoisotopic (exact) mass is 256 g/mol. The van der Waals surface area contributed by atoms with Gasteiger partial charge in [0.1, 0.15) is 6.04 Å². The summed E-state index contributed by atoms with van der Waals surface area (Å²) in [6.45, 7) is 2.79. The quantitative estimate of drug-likeness (QED) is 0.336. The maximum atomic E-state index is 11.3. The van der Waals surface area contributed by atoms with Gasteiger partial charge in [-0.1, -0.05) is 5.16 Å². The molecule has 0 bridgehead atoms. The molecule has 1 atom stereocenters. The molecule has 1 amide bonds. The van der Waals surface area contributed by atoms with E-state index < -0.39 is 12.0 Å². The van der Waals surface area contributed by atoms with Crippen LogP contribution in [0.15, 0.2) is 16.9 Å². The first-order valence-corrected chi connectivity index (χ1v) is 5.59. The van der Waals surface area contributed by atoms with Gasteiger partial charge in [-0.05, 0) is 6.92 Å². The molecule has 92 valence electrons. The third-order valence-electron chi connectivity index (χ3n) is 1.69. The number of amides is 1. The van der Waals surface area contributed by atoms with E-state index in [9.17, 15) is 9.59 Å². The van der Waals surface area contributed by atoms with Crippen LogP contribution in [-0.2, 0) is 14.4 Å². The molecule has 0 aromatic carbocycles. The number of nitrogens with zero attached hydrogens (tertiary/aromatic N) is 2. The van der Waals surface area contributed by atoms with Crippen LogP contribution in [0.25, 0.3) is 0 Å². The average Bonchev–Trinajstić information content (AvgIpc) is 2.77. The number of aromatic nitrogens is 1. The van der Waals surface area contributed by atoms with Crippen LogP contribution in [0.2, 0.25) is 0 Å². The Labute approximate surface area is 102 Å². The number of rotatable bonds is 4. The van der Waals surface area contributed by atoms with E-state index in [4.69, 9.17) is 5.73 Å². The zero-order chi connectivity index (χ0) is 12.8. The average molecular weight is 256 g/mol. The van der Waals surface area contributed by atoms with Gasteiger partial charge in [-0.2, -0.15) is 0 Å². The van der Waals surface area contributed by atoms with Gasteiger partial charge in [-0.25, -0.2) is 4.79 Å². The molecule has 0 aliphatic rings. The van der Waals surface area contributed by atoms with Crippen molar-refractivity contribution in [3.63, 3.8) is 0 Å². The molecule has 1 rings (SSSR count). The zero-order valence-corrected chi connectivity index (χ0v) is 10.2. The van der Waals surface area contributed by atoms with Gasteiger partial charge < -0.3 is 15.9 Å². The molecule has 0 fully saturated rings. The number of hydrogen-bond donors (Lipinski definition) is 2. The van der Waals surface area contributed by atoms with E-state index in [1.165, 1.54) is 31.4 Å². The third kappa shape index (κ3) is 4.19. The fourth-order valence-corrected chi connectivity index (χ4v) is 1.44. The lowest BCUT2D eigenvalue weighted by molar-refractivity contribution is -0.147. The van der Waals surface area contributed by atoms with E-state index in [1.807, 2.05) is 0 Å². The molecular weight excluding hydrogens is 244 g/mol. The maximum Gasteiger partial charge on any atom is 0.356 e. The van der Waals surface area contributed by atoms with Crippen molar-refractivity contribution >= 4 is 29.0 Å². The van der Waals surface area contributed by atoms with Crippen molar-refractivity contribution in [3.05, 3.63) is 16.6 Å². The Bertz CT molecular complexity index is 429. The van der Waals surface area contributed by atoms with Gasteiger partial charge >= 0.3 is 5.97 Å². The van der Waals surface area contributed by atoms with Crippen LogP contribution in [0, 0.1) is 0 Å². The van der Waals surface area contributed by atoms with Crippen LogP contribution < -0.4 is 11.1 Å². The van der Waals surface area contributed by atoms with Crippen LogP contribution >= 0.6 is 11.3 Å². The van der Waals surface area contributed by atoms with E-state index in [1.54, 1.807) is 5.51 Å². The Morgan fingerprint density at radius 2 is 2.35 bits per heavy atom. The standard InChI is InChI=1S/C9H12N4O3S/c1-5(12-6(2)14)9(15)16-13-8(10)7-3-11-4-17-7/h3-5H,1-2H3,(H2,10,13)(H,12,14). The number of carbonyl (C=O) groups is 2. The number of hydrogen-bond acceptors (Lipinski definition) is 6. The summed E-state index contributed by atoms with van der Waals surface area (Å²) < 4.78 is 0. The van der Waals surface area contributed by atoms with E-state index >= 15 is 0 Å². The van der Waals surface area contributed by atoms with Crippen molar-refractivity contribution in [2.24, 2.45) is 10.9 Å². The van der Waals surface area contributed by atoms with Crippen molar-refractivity contribution < 1.29 is 14.4 Å². The molecule has 0 saturated heterocycles. The molecule has 0 aliphatic heterocycles. The van der Waals surface area contributed by atoms with Crippen LogP contribution in [0.5, 0.6) is 0 Å². The Hall–Kier alpha value is -1.96. The van der Waals surface area contributed by atoms with Gasteiger partial charge in [0, 0.05) is 13.1 Å². The van der Waals surface area contributed by atoms with Gasteiger partial charge in [0.15, 0.2) is 5.84 Å². The highest BCUT2D eigenvalue weighted by Gasteiger charge is 2.15. The molecule has 1 aromatic rings. The van der Waals surface area contributed by atoms with Gasteiger partial charge in [-0.3, -0.25) is 9.78 Å². The SMILES string of the molecule is CC(=O)NC(C)C(=O)O/N=C(\N)c1cncs1. The summed E-state index contributed by atoms with van der Waals surface area (Å²) in [5.74, 6) is -0.947. The van der Waals surface area contributed by atoms with Crippen LogP contribution in [0.1, 0.15) is 18.7 Å². The first-order chi connectivity index (χ1) is 8.00. The van der Waals surface area contributed by atoms with Crippen LogP contribution in [0.3, 0.4) is 0 Å². The van der Waals surface area contributed by atoms with Crippen molar-refractivity contribution in [2.45, 2.75) is 19.9 Å². The van der Waals surface area contributed by atoms with Crippen molar-refractivity contribution in [1.82, 2.24) is 10.3 Å². The molecule has 17 heavy (non-hydrogen) atoms. The van der Waals surface area contributed by atoms with E-state index in [-0.39, 0.29) is 11.7 Å². The molecule has 3 N–H and O–H groups in total. The van der Waals surface area contributed by atoms with Gasteiger partial charge in [0.2, 0.25) is 5.91 Å². The van der Waals surface area contributed by atoms with Crippen molar-refractivity contribution in [2.75, 3.05) is 0 Å². The summed E-state index contributed by atoms with van der Waals surface area (Å²) >= 11 is 1.27. The zero-order valence-electron chi connectivity index (χ0n) is 9.34. The highest BCUT2D eigenvalue weighted by atomic mass is 32.1. The summed E-state index contributed by atoms with van der Waals surface area (Å²) in [4.78, 5) is 31.0. The molecule has 1 unspecified atom stereocenters. The van der Waals surface area contributed by atoms with E-state index in [2.05, 4.69) is 20.3 Å². The fraction of sp³-hybridized carbons (Fsp3) is 0.333. The molecule has 0 spiro atoms. The number of nitrogens with one attached hydrogen (secondary N) is 1. The van der Waals surface area contributed by atoms with Gasteiger partial charge in [-0.15, -0.1) is 11.3 Å². The van der Waals surface area contributed by atoms with Crippen LogP contribution in [0.4, 0.5) is 0 Å². The van der Waals surface area contributed by atoms with Crippen molar-refractivity contribution in [1.29, 1.82) is 0 Å². The first kappa shape index (κ1) is 13.1. The largest absolute Gasteiger partial charge is 0.380 e. The highest BCUT2D eigenvalue weighted by molar-refractivity contribution is 7.11. The summed E-state index contributed by atoms with van der Waals surface area (Å²) in [7, 11) is 0. The Kier molecular flexibility index (Phi) is 4.58. The number of nitrogens with two attached hydrogens (primary N) is 1. The maximum absolute atomic E-state index is 11.3. The predicted molar refractivity (Wildman–Crippen MR) is 62.2 cm³/mol. The van der Waals surface area contributed by atoms with E-state index in [0.717, 1.165) is 0 Å². The second-order valence-corrected chi connectivity index (χ2v) is 4.06. The van der Waals surface area contributed by atoms with Gasteiger partial charge in [0.25, 0.3) is 0 Å². The Balaban J connectivity index is 2.52. The third-order valence-corrected chi connectivity index (χ3v) is 2.49. The number of thiazole rings is 1. The summed E-state index contributed by atoms with van der Waals surface area (Å²) in [6.07, 6.45) is 1.51. The minimum absolute atomic E-state index is 0.0656. The number of carbonyl (C=O) groups excluding carboxylic acids is 2. The number of oxime groups is 1. The molecule has 7 nitrogen and oxygen atoms in total. The minimum Gasteiger partial charge on any atom is -0.380 e. The second-order valence-electron chi connectivity index (χ2n) is 3.17. The lowest BCUT2D eigenvalue weighted by atomic mass is 10.3. The molecule has 1 aromatic heterocycles. The summed E-state index contributed by atoms with van der Waals surface area (Å²) in [5.41, 5.74) is 7.13. The van der Waals surface area contributed by atoms with Crippen LogP contribution in [-0.4, -0.2) is 28.7 Å². The summed E-state index contributed by atoms with van der Waals surface area (Å²) in [5, 5.41) is 5.83. The Morgan fingerprint density at radius 1 is 1.65 bits per heavy atom. The lowest BCUT2D eigenvalue weighted by Gasteiger charge is -2.08. The molecule has 0 aliphatic carbocycles. The molecular formula is C9H12N4O3S. The summed E-state index contributed by atoms with van der Waals surface area (Å²) in [6, 6.07) is -0.773. The normalized spacial score (nSPS) is 12.9. The predicted octanol–water partition coefficient (Wildman–Crippen LogP) is -0.169. The Morgan fingerprint density at radius 3 is 2.88 bits per heavy atom.